The van der Waals surface area contributed by atoms with E-state index in [1.54, 1.807) is 0 Å². The number of aromatic nitrogens is 1. The van der Waals surface area contributed by atoms with Crippen molar-refractivity contribution in [1.82, 2.24) is 4.98 Å². The Morgan fingerprint density at radius 2 is 1.88 bits per heavy atom. The molecule has 3 nitrogen and oxygen atoms in total. The number of pyridine rings is 1. The van der Waals surface area contributed by atoms with Crippen LogP contribution in [0.15, 0.2) is 6.07 Å². The van der Waals surface area contributed by atoms with Gasteiger partial charge in [-0.2, -0.15) is 0 Å². The average Bonchev–Trinajstić information content (AvgIpc) is 2.12. The van der Waals surface area contributed by atoms with Crippen molar-refractivity contribution in [3.8, 4) is 11.6 Å². The summed E-state index contributed by atoms with van der Waals surface area (Å²) in [5.74, 6) is -1.59. The summed E-state index contributed by atoms with van der Waals surface area (Å²) in [5.41, 5.74) is -0.944. The van der Waals surface area contributed by atoms with Crippen LogP contribution in [0.4, 0.5) is 22.0 Å². The van der Waals surface area contributed by atoms with Gasteiger partial charge in [-0.1, -0.05) is 0 Å². The van der Waals surface area contributed by atoms with E-state index in [4.69, 9.17) is 0 Å². The second-order valence-corrected chi connectivity index (χ2v) is 3.03. The highest BCUT2D eigenvalue weighted by molar-refractivity contribution is 5.42. The summed E-state index contributed by atoms with van der Waals surface area (Å²) in [6.07, 6.45) is -8.27. The predicted octanol–water partition coefficient (Wildman–Crippen LogP) is 3.23. The van der Waals surface area contributed by atoms with Crippen molar-refractivity contribution in [3.63, 3.8) is 0 Å². The Bertz CT molecular complexity index is 405. The number of alkyl halides is 5. The summed E-state index contributed by atoms with van der Waals surface area (Å²) < 4.78 is 69.3. The van der Waals surface area contributed by atoms with Crippen molar-refractivity contribution in [3.05, 3.63) is 17.3 Å². The van der Waals surface area contributed by atoms with E-state index in [1.807, 2.05) is 0 Å². The van der Waals surface area contributed by atoms with Crippen LogP contribution in [-0.2, 0) is 0 Å². The van der Waals surface area contributed by atoms with Crippen molar-refractivity contribution in [2.24, 2.45) is 0 Å². The number of methoxy groups -OCH3 is 1. The zero-order valence-electron chi connectivity index (χ0n) is 8.81. The van der Waals surface area contributed by atoms with Crippen molar-refractivity contribution < 1.29 is 31.4 Å². The van der Waals surface area contributed by atoms with E-state index >= 15 is 0 Å². The highest BCUT2D eigenvalue weighted by atomic mass is 19.4. The van der Waals surface area contributed by atoms with Crippen LogP contribution in [0, 0.1) is 6.92 Å². The molecule has 0 saturated heterocycles. The van der Waals surface area contributed by atoms with E-state index in [0.717, 1.165) is 13.2 Å². The minimum atomic E-state index is -5.09. The predicted molar refractivity (Wildman–Crippen MR) is 47.2 cm³/mol. The first kappa shape index (κ1) is 13.5. The molecule has 0 unspecified atom stereocenters. The van der Waals surface area contributed by atoms with E-state index in [2.05, 4.69) is 14.5 Å². The van der Waals surface area contributed by atoms with Crippen LogP contribution >= 0.6 is 0 Å². The van der Waals surface area contributed by atoms with E-state index in [-0.39, 0.29) is 5.69 Å². The van der Waals surface area contributed by atoms with Gasteiger partial charge >= 0.3 is 6.36 Å². The van der Waals surface area contributed by atoms with Gasteiger partial charge in [0.05, 0.1) is 7.11 Å². The van der Waals surface area contributed by atoms with Gasteiger partial charge in [0, 0.05) is 11.8 Å². The molecular weight excluding hydrogens is 249 g/mol. The van der Waals surface area contributed by atoms with Crippen LogP contribution in [0.3, 0.4) is 0 Å². The van der Waals surface area contributed by atoms with E-state index in [0.29, 0.717) is 0 Å². The Morgan fingerprint density at radius 3 is 2.29 bits per heavy atom. The minimum absolute atomic E-state index is 0.0745. The van der Waals surface area contributed by atoms with E-state index in [9.17, 15) is 22.0 Å². The fourth-order valence-corrected chi connectivity index (χ4v) is 1.18. The number of hydrogen-bond donors (Lipinski definition) is 0. The summed E-state index contributed by atoms with van der Waals surface area (Å²) in [4.78, 5) is 3.29. The van der Waals surface area contributed by atoms with Crippen LogP contribution < -0.4 is 9.47 Å². The van der Waals surface area contributed by atoms with Gasteiger partial charge in [-0.3, -0.25) is 0 Å². The minimum Gasteiger partial charge on any atom is -0.496 e. The summed E-state index contributed by atoms with van der Waals surface area (Å²) in [5, 5.41) is 0. The van der Waals surface area contributed by atoms with Gasteiger partial charge in [-0.15, -0.1) is 13.2 Å². The fraction of sp³-hybridized carbons (Fsp3) is 0.444. The quantitative estimate of drug-likeness (QED) is 0.779. The fourth-order valence-electron chi connectivity index (χ4n) is 1.18. The van der Waals surface area contributed by atoms with Gasteiger partial charge in [0.25, 0.3) is 6.43 Å². The third-order valence-electron chi connectivity index (χ3n) is 1.76. The molecule has 0 amide bonds. The zero-order valence-corrected chi connectivity index (χ0v) is 8.81. The molecule has 1 aromatic rings. The number of rotatable bonds is 3. The number of hydrogen-bond acceptors (Lipinski definition) is 3. The van der Waals surface area contributed by atoms with Crippen LogP contribution in [0.5, 0.6) is 11.6 Å². The maximum Gasteiger partial charge on any atom is 0.574 e. The molecule has 0 fully saturated rings. The first-order valence-electron chi connectivity index (χ1n) is 4.34. The third kappa shape index (κ3) is 3.43. The van der Waals surface area contributed by atoms with Crippen molar-refractivity contribution in [2.75, 3.05) is 7.11 Å². The molecule has 0 bridgehead atoms. The van der Waals surface area contributed by atoms with Crippen molar-refractivity contribution in [2.45, 2.75) is 19.7 Å². The second kappa shape index (κ2) is 4.72. The SMILES string of the molecule is COc1cc(C)nc(OC(F)(F)F)c1C(F)F. The lowest BCUT2D eigenvalue weighted by atomic mass is 10.2. The summed E-state index contributed by atoms with van der Waals surface area (Å²) in [7, 11) is 1.07. The molecule has 0 radical (unpaired) electrons. The average molecular weight is 257 g/mol. The molecule has 1 rings (SSSR count). The standard InChI is InChI=1S/C9H8F5NO2/c1-4-3-5(16-2)6(7(10)11)8(15-4)17-9(12,13)14/h3,7H,1-2H3. The number of ether oxygens (including phenoxy) is 2. The molecule has 0 aliphatic carbocycles. The highest BCUT2D eigenvalue weighted by Crippen LogP contribution is 2.38. The molecule has 0 aliphatic rings. The molecule has 0 N–H and O–H groups in total. The molecule has 8 heteroatoms. The maximum atomic E-state index is 12.6. The van der Waals surface area contributed by atoms with Gasteiger partial charge in [0.1, 0.15) is 11.3 Å². The number of halogens is 5. The maximum absolute atomic E-state index is 12.6. The Labute approximate surface area is 93.2 Å². The Balaban J connectivity index is 3.30. The lowest BCUT2D eigenvalue weighted by Crippen LogP contribution is -2.19. The molecular formula is C9H8F5NO2. The smallest absolute Gasteiger partial charge is 0.496 e. The van der Waals surface area contributed by atoms with Gasteiger partial charge < -0.3 is 9.47 Å². The first-order chi connectivity index (χ1) is 7.74. The normalized spacial score (nSPS) is 11.8. The van der Waals surface area contributed by atoms with Crippen LogP contribution in [0.25, 0.3) is 0 Å². The first-order valence-corrected chi connectivity index (χ1v) is 4.34. The van der Waals surface area contributed by atoms with Gasteiger partial charge in [0.2, 0.25) is 5.88 Å². The van der Waals surface area contributed by atoms with Gasteiger partial charge in [0.15, 0.2) is 0 Å². The lowest BCUT2D eigenvalue weighted by molar-refractivity contribution is -0.276. The molecule has 96 valence electrons. The van der Waals surface area contributed by atoms with Crippen molar-refractivity contribution in [1.29, 1.82) is 0 Å². The summed E-state index contributed by atoms with van der Waals surface area (Å²) >= 11 is 0. The molecule has 1 heterocycles. The molecule has 0 saturated carbocycles. The molecule has 17 heavy (non-hydrogen) atoms. The summed E-state index contributed by atoms with van der Waals surface area (Å²) in [6.45, 7) is 1.33. The second-order valence-electron chi connectivity index (χ2n) is 3.03. The lowest BCUT2D eigenvalue weighted by Gasteiger charge is -2.15. The molecule has 1 aromatic heterocycles. The van der Waals surface area contributed by atoms with E-state index < -0.39 is 30.0 Å². The number of aryl methyl sites for hydroxylation is 1. The van der Waals surface area contributed by atoms with Crippen molar-refractivity contribution >= 4 is 0 Å². The Kier molecular flexibility index (Phi) is 3.74. The number of nitrogens with zero attached hydrogens (tertiary/aromatic N) is 1. The Hall–Kier alpha value is -1.60. The van der Waals surface area contributed by atoms with E-state index in [1.165, 1.54) is 6.92 Å². The van der Waals surface area contributed by atoms with Gasteiger partial charge in [-0.05, 0) is 6.92 Å². The Morgan fingerprint density at radius 1 is 1.29 bits per heavy atom. The van der Waals surface area contributed by atoms with Gasteiger partial charge in [-0.25, -0.2) is 13.8 Å². The van der Waals surface area contributed by atoms with Crippen LogP contribution in [-0.4, -0.2) is 18.5 Å². The monoisotopic (exact) mass is 257 g/mol. The van der Waals surface area contributed by atoms with Crippen LogP contribution in [0.2, 0.25) is 0 Å². The third-order valence-corrected chi connectivity index (χ3v) is 1.76. The highest BCUT2D eigenvalue weighted by Gasteiger charge is 2.35. The largest absolute Gasteiger partial charge is 0.574 e. The molecule has 0 atom stereocenters. The van der Waals surface area contributed by atoms with Crippen LogP contribution in [0.1, 0.15) is 17.7 Å². The zero-order chi connectivity index (χ0) is 13.2. The molecule has 0 aromatic carbocycles. The molecule has 0 spiro atoms. The topological polar surface area (TPSA) is 31.4 Å². The molecule has 0 aliphatic heterocycles. The summed E-state index contributed by atoms with van der Waals surface area (Å²) in [6, 6.07) is 1.10.